The fourth-order valence-corrected chi connectivity index (χ4v) is 4.03. The molecule has 2 rings (SSSR count). The highest BCUT2D eigenvalue weighted by molar-refractivity contribution is 7.80. The molecule has 1 fully saturated rings. The number of rotatable bonds is 4. The summed E-state index contributed by atoms with van der Waals surface area (Å²) < 4.78 is 0. The summed E-state index contributed by atoms with van der Waals surface area (Å²) in [6.07, 6.45) is 7.63. The molecule has 0 spiro atoms. The Kier molecular flexibility index (Phi) is 5.64. The zero-order valence-corrected chi connectivity index (χ0v) is 13.5. The summed E-state index contributed by atoms with van der Waals surface area (Å²) in [7, 11) is 0. The van der Waals surface area contributed by atoms with Gasteiger partial charge in [-0.2, -0.15) is 0 Å². The van der Waals surface area contributed by atoms with Crippen LogP contribution in [-0.2, 0) is 6.42 Å². The molecule has 106 valence electrons. The molecular formula is C15H24N2S2. The van der Waals surface area contributed by atoms with E-state index in [9.17, 15) is 0 Å². The summed E-state index contributed by atoms with van der Waals surface area (Å²) >= 11 is 7.29. The predicted molar refractivity (Wildman–Crippen MR) is 88.0 cm³/mol. The van der Waals surface area contributed by atoms with Gasteiger partial charge in [0.2, 0.25) is 0 Å². The molecule has 1 heterocycles. The highest BCUT2D eigenvalue weighted by Crippen LogP contribution is 2.18. The van der Waals surface area contributed by atoms with E-state index in [0.717, 1.165) is 11.5 Å². The van der Waals surface area contributed by atoms with Crippen LogP contribution in [0, 0.1) is 6.92 Å². The number of hydrogen-bond donors (Lipinski definition) is 2. The number of thiocarbonyl (C=S) groups is 1. The van der Waals surface area contributed by atoms with Crippen molar-refractivity contribution in [3.8, 4) is 0 Å². The van der Waals surface area contributed by atoms with Crippen LogP contribution in [0.15, 0.2) is 12.1 Å². The van der Waals surface area contributed by atoms with Gasteiger partial charge in [-0.05, 0) is 51.0 Å². The lowest BCUT2D eigenvalue weighted by Crippen LogP contribution is -2.46. The van der Waals surface area contributed by atoms with Crippen molar-refractivity contribution in [1.82, 2.24) is 10.6 Å². The van der Waals surface area contributed by atoms with Crippen LogP contribution in [-0.4, -0.2) is 17.2 Å². The van der Waals surface area contributed by atoms with Crippen LogP contribution in [0.1, 0.15) is 48.8 Å². The van der Waals surface area contributed by atoms with E-state index in [2.05, 4.69) is 36.6 Å². The van der Waals surface area contributed by atoms with E-state index >= 15 is 0 Å². The van der Waals surface area contributed by atoms with Crippen molar-refractivity contribution in [2.24, 2.45) is 0 Å². The van der Waals surface area contributed by atoms with Gasteiger partial charge in [0, 0.05) is 28.3 Å². The molecule has 0 aromatic carbocycles. The molecule has 0 bridgehead atoms. The Morgan fingerprint density at radius 1 is 1.37 bits per heavy atom. The number of hydrogen-bond acceptors (Lipinski definition) is 2. The molecule has 4 heteroatoms. The van der Waals surface area contributed by atoms with E-state index in [1.807, 2.05) is 11.3 Å². The Labute approximate surface area is 126 Å². The fraction of sp³-hybridized carbons (Fsp3) is 0.667. The van der Waals surface area contributed by atoms with Gasteiger partial charge in [0.15, 0.2) is 5.11 Å². The average Bonchev–Trinajstić information content (AvgIpc) is 2.75. The van der Waals surface area contributed by atoms with E-state index < -0.39 is 0 Å². The Hall–Kier alpha value is -0.610. The molecule has 19 heavy (non-hydrogen) atoms. The molecule has 1 aromatic rings. The van der Waals surface area contributed by atoms with Crippen LogP contribution in [0.4, 0.5) is 0 Å². The van der Waals surface area contributed by atoms with Gasteiger partial charge in [0.1, 0.15) is 0 Å². The first kappa shape index (κ1) is 14.8. The van der Waals surface area contributed by atoms with Crippen LogP contribution in [0.3, 0.4) is 0 Å². The lowest BCUT2D eigenvalue weighted by atomic mass is 9.96. The van der Waals surface area contributed by atoms with Gasteiger partial charge in [0.25, 0.3) is 0 Å². The van der Waals surface area contributed by atoms with Crippen molar-refractivity contribution in [3.63, 3.8) is 0 Å². The maximum absolute atomic E-state index is 5.41. The molecule has 2 nitrogen and oxygen atoms in total. The second-order valence-corrected chi connectivity index (χ2v) is 7.35. The molecule has 1 aliphatic rings. The molecule has 0 radical (unpaired) electrons. The third-order valence-corrected chi connectivity index (χ3v) is 4.88. The summed E-state index contributed by atoms with van der Waals surface area (Å²) in [6, 6.07) is 5.38. The average molecular weight is 297 g/mol. The van der Waals surface area contributed by atoms with Gasteiger partial charge in [0.05, 0.1) is 0 Å². The Morgan fingerprint density at radius 2 is 2.11 bits per heavy atom. The third-order valence-electron chi connectivity index (χ3n) is 3.62. The molecule has 0 saturated heterocycles. The smallest absolute Gasteiger partial charge is 0.166 e. The van der Waals surface area contributed by atoms with Gasteiger partial charge >= 0.3 is 0 Å². The van der Waals surface area contributed by atoms with Crippen molar-refractivity contribution < 1.29 is 0 Å². The second kappa shape index (κ2) is 7.25. The van der Waals surface area contributed by atoms with Gasteiger partial charge in [-0.25, -0.2) is 0 Å². The SMILES string of the molecule is Cc1ccc(CC(C)NC(=S)NC2CCCCC2)s1. The van der Waals surface area contributed by atoms with Crippen LogP contribution in [0.5, 0.6) is 0 Å². The van der Waals surface area contributed by atoms with E-state index in [1.54, 1.807) is 0 Å². The summed E-state index contributed by atoms with van der Waals surface area (Å²) in [5.74, 6) is 0. The molecule has 1 unspecified atom stereocenters. The molecule has 1 aliphatic carbocycles. The molecule has 1 aromatic heterocycles. The number of aryl methyl sites for hydroxylation is 1. The lowest BCUT2D eigenvalue weighted by Gasteiger charge is -2.25. The summed E-state index contributed by atoms with van der Waals surface area (Å²) in [5, 5.41) is 7.70. The topological polar surface area (TPSA) is 24.1 Å². The first-order valence-corrected chi connectivity index (χ1v) is 8.48. The zero-order valence-electron chi connectivity index (χ0n) is 11.9. The number of nitrogens with one attached hydrogen (secondary N) is 2. The minimum absolute atomic E-state index is 0.390. The van der Waals surface area contributed by atoms with E-state index in [-0.39, 0.29) is 0 Å². The minimum Gasteiger partial charge on any atom is -0.360 e. The van der Waals surface area contributed by atoms with Gasteiger partial charge in [-0.3, -0.25) is 0 Å². The van der Waals surface area contributed by atoms with Crippen LogP contribution >= 0.6 is 23.6 Å². The maximum atomic E-state index is 5.41. The van der Waals surface area contributed by atoms with Crippen LogP contribution < -0.4 is 10.6 Å². The Balaban J connectivity index is 1.71. The standard InChI is InChI=1S/C15H24N2S2/c1-11(10-14-9-8-12(2)19-14)16-15(18)17-13-6-4-3-5-7-13/h8-9,11,13H,3-7,10H2,1-2H3,(H2,16,17,18). The third kappa shape index (κ3) is 5.11. The monoisotopic (exact) mass is 296 g/mol. The van der Waals surface area contributed by atoms with Crippen molar-refractivity contribution in [3.05, 3.63) is 21.9 Å². The van der Waals surface area contributed by atoms with Crippen LogP contribution in [0.25, 0.3) is 0 Å². The molecular weight excluding hydrogens is 272 g/mol. The maximum Gasteiger partial charge on any atom is 0.166 e. The van der Waals surface area contributed by atoms with Crippen molar-refractivity contribution in [2.45, 2.75) is 64.5 Å². The first-order valence-electron chi connectivity index (χ1n) is 7.26. The van der Waals surface area contributed by atoms with Crippen molar-refractivity contribution >= 4 is 28.7 Å². The predicted octanol–water partition coefficient (Wildman–Crippen LogP) is 3.78. The quantitative estimate of drug-likeness (QED) is 0.827. The molecule has 2 N–H and O–H groups in total. The normalized spacial score (nSPS) is 18.0. The fourth-order valence-electron chi connectivity index (χ4n) is 2.65. The molecule has 1 saturated carbocycles. The summed E-state index contributed by atoms with van der Waals surface area (Å²) in [6.45, 7) is 4.35. The van der Waals surface area contributed by atoms with Crippen LogP contribution in [0.2, 0.25) is 0 Å². The second-order valence-electron chi connectivity index (χ2n) is 5.57. The van der Waals surface area contributed by atoms with E-state index in [0.29, 0.717) is 12.1 Å². The summed E-state index contributed by atoms with van der Waals surface area (Å²) in [4.78, 5) is 2.81. The van der Waals surface area contributed by atoms with Crippen molar-refractivity contribution in [1.29, 1.82) is 0 Å². The molecule has 0 aliphatic heterocycles. The highest BCUT2D eigenvalue weighted by Gasteiger charge is 2.15. The Bertz CT molecular complexity index is 408. The first-order chi connectivity index (χ1) is 9.13. The largest absolute Gasteiger partial charge is 0.360 e. The van der Waals surface area contributed by atoms with Gasteiger partial charge in [-0.15, -0.1) is 11.3 Å². The van der Waals surface area contributed by atoms with E-state index in [4.69, 9.17) is 12.2 Å². The molecule has 0 amide bonds. The van der Waals surface area contributed by atoms with Gasteiger partial charge < -0.3 is 10.6 Å². The van der Waals surface area contributed by atoms with Gasteiger partial charge in [-0.1, -0.05) is 19.3 Å². The number of thiophene rings is 1. The zero-order chi connectivity index (χ0) is 13.7. The van der Waals surface area contributed by atoms with Crippen molar-refractivity contribution in [2.75, 3.05) is 0 Å². The minimum atomic E-state index is 0.390. The Morgan fingerprint density at radius 3 is 2.74 bits per heavy atom. The highest BCUT2D eigenvalue weighted by atomic mass is 32.1. The van der Waals surface area contributed by atoms with E-state index in [1.165, 1.54) is 41.9 Å². The summed E-state index contributed by atoms with van der Waals surface area (Å²) in [5.41, 5.74) is 0. The lowest BCUT2D eigenvalue weighted by molar-refractivity contribution is 0.410. The molecule has 1 atom stereocenters.